The van der Waals surface area contributed by atoms with Gasteiger partial charge < -0.3 is 29.3 Å². The van der Waals surface area contributed by atoms with Crippen LogP contribution in [0.5, 0.6) is 0 Å². The number of nitrogens with zero attached hydrogens (tertiary/aromatic N) is 2. The highest BCUT2D eigenvalue weighted by atomic mass is 16.8. The number of ether oxygens (including phenoxy) is 4. The summed E-state index contributed by atoms with van der Waals surface area (Å²) in [6.45, 7) is 6.49. The standard InChI is InChI=1S/C39H46N4O7/c1-25-33-15-16-35-37(25)40-41-43(35)18-6-20-47-24-27-9-11-29(12-10-27)38(45)42-19-17-28-13-14-30(21-31(28)23-42)34(33)22-36(44)48-26(2)49-39(46)50-32-7-4-3-5-8-32/h9-16,21,26,32,34,40-41H,3-8,17-20,22-24H2,1-2H3. The lowest BCUT2D eigenvalue weighted by atomic mass is 9.83. The number of nitrogens with one attached hydrogen (secondary N) is 2. The largest absolute Gasteiger partial charge is 0.511 e. The molecule has 9 bridgehead atoms. The first-order valence-corrected chi connectivity index (χ1v) is 17.9. The Morgan fingerprint density at radius 3 is 2.60 bits per heavy atom. The lowest BCUT2D eigenvalue weighted by Gasteiger charge is -2.30. The maximum Gasteiger partial charge on any atom is 0.511 e. The number of benzene rings is 3. The smallest absolute Gasteiger partial charge is 0.431 e. The van der Waals surface area contributed by atoms with Crippen molar-refractivity contribution in [2.45, 2.75) is 96.7 Å². The fourth-order valence-corrected chi connectivity index (χ4v) is 7.56. The van der Waals surface area contributed by atoms with Gasteiger partial charge in [0.1, 0.15) is 6.10 Å². The van der Waals surface area contributed by atoms with Gasteiger partial charge in [-0.1, -0.05) is 42.8 Å². The van der Waals surface area contributed by atoms with Gasteiger partial charge in [-0.05, 0) is 97.0 Å². The van der Waals surface area contributed by atoms with Crippen LogP contribution in [0.3, 0.4) is 0 Å². The van der Waals surface area contributed by atoms with Gasteiger partial charge in [-0.25, -0.2) is 4.79 Å². The molecule has 7 aliphatic rings. The van der Waals surface area contributed by atoms with Crippen LogP contribution in [0.15, 0.2) is 54.6 Å². The summed E-state index contributed by atoms with van der Waals surface area (Å²) in [6, 6.07) is 18.1. The molecule has 6 aliphatic heterocycles. The number of amides is 1. The molecule has 2 unspecified atom stereocenters. The number of hydrazine groups is 2. The lowest BCUT2D eigenvalue weighted by molar-refractivity contribution is -0.169. The Balaban J connectivity index is 1.16. The Morgan fingerprint density at radius 2 is 1.78 bits per heavy atom. The van der Waals surface area contributed by atoms with E-state index in [2.05, 4.69) is 53.2 Å². The van der Waals surface area contributed by atoms with Gasteiger partial charge in [-0.2, -0.15) is 0 Å². The van der Waals surface area contributed by atoms with E-state index in [9.17, 15) is 14.4 Å². The highest BCUT2D eigenvalue weighted by Gasteiger charge is 2.30. The minimum atomic E-state index is -1.10. The van der Waals surface area contributed by atoms with Crippen LogP contribution in [0, 0.1) is 6.92 Å². The van der Waals surface area contributed by atoms with E-state index in [-0.39, 0.29) is 24.3 Å². The molecular weight excluding hydrogens is 636 g/mol. The molecule has 2 atom stereocenters. The van der Waals surface area contributed by atoms with E-state index in [0.717, 1.165) is 90.7 Å². The molecule has 0 saturated heterocycles. The molecule has 11 heteroatoms. The molecule has 11 nitrogen and oxygen atoms in total. The van der Waals surface area contributed by atoms with Crippen molar-refractivity contribution in [3.05, 3.63) is 93.5 Å². The summed E-state index contributed by atoms with van der Waals surface area (Å²) in [7, 11) is 0. The number of anilines is 2. The molecule has 10 rings (SSSR count). The molecule has 50 heavy (non-hydrogen) atoms. The van der Waals surface area contributed by atoms with Crippen molar-refractivity contribution in [1.82, 2.24) is 10.4 Å². The van der Waals surface area contributed by atoms with E-state index in [0.29, 0.717) is 31.9 Å². The Kier molecular flexibility index (Phi) is 10.2. The summed E-state index contributed by atoms with van der Waals surface area (Å²) in [4.78, 5) is 41.5. The first-order valence-electron chi connectivity index (χ1n) is 17.9. The van der Waals surface area contributed by atoms with Gasteiger partial charge in [0.25, 0.3) is 5.91 Å². The van der Waals surface area contributed by atoms with Crippen LogP contribution in [0.2, 0.25) is 0 Å². The molecule has 0 radical (unpaired) electrons. The molecule has 0 aromatic heterocycles. The highest BCUT2D eigenvalue weighted by molar-refractivity contribution is 5.94. The van der Waals surface area contributed by atoms with Crippen LogP contribution in [-0.2, 0) is 43.3 Å². The lowest BCUT2D eigenvalue weighted by Crippen LogP contribution is -2.37. The minimum Gasteiger partial charge on any atom is -0.431 e. The zero-order chi connectivity index (χ0) is 34.6. The molecule has 3 aromatic rings. The van der Waals surface area contributed by atoms with Gasteiger partial charge in [0, 0.05) is 44.6 Å². The second-order valence-corrected chi connectivity index (χ2v) is 13.7. The molecule has 1 saturated carbocycles. The SMILES string of the molecule is Cc1c2ccc3c1NNN3CCCOCc1ccc(cc1)C(=O)N1CCc3ccc(cc3C1)C2CC(=O)OC(C)OC(=O)OC1CCCCC1. The van der Waals surface area contributed by atoms with Gasteiger partial charge >= 0.3 is 12.1 Å². The normalized spacial score (nSPS) is 19.9. The molecule has 0 spiro atoms. The molecule has 1 amide bonds. The molecule has 264 valence electrons. The number of carbonyl (C=O) groups is 3. The third-order valence-electron chi connectivity index (χ3n) is 10.3. The molecule has 1 fully saturated rings. The molecule has 2 N–H and O–H groups in total. The van der Waals surface area contributed by atoms with Crippen molar-refractivity contribution in [1.29, 1.82) is 0 Å². The summed E-state index contributed by atoms with van der Waals surface area (Å²) in [5.74, 6) is -0.868. The van der Waals surface area contributed by atoms with Crippen molar-refractivity contribution in [3.63, 3.8) is 0 Å². The van der Waals surface area contributed by atoms with Crippen molar-refractivity contribution in [3.8, 4) is 0 Å². The first-order chi connectivity index (χ1) is 24.3. The summed E-state index contributed by atoms with van der Waals surface area (Å²) in [5.41, 5.74) is 15.4. The predicted octanol–water partition coefficient (Wildman–Crippen LogP) is 6.66. The maximum atomic E-state index is 13.6. The van der Waals surface area contributed by atoms with Crippen molar-refractivity contribution in [2.75, 3.05) is 30.1 Å². The van der Waals surface area contributed by atoms with Crippen molar-refractivity contribution < 1.29 is 33.3 Å². The summed E-state index contributed by atoms with van der Waals surface area (Å²) < 4.78 is 22.4. The van der Waals surface area contributed by atoms with Gasteiger partial charge in [0.15, 0.2) is 0 Å². The summed E-state index contributed by atoms with van der Waals surface area (Å²) in [6.07, 6.45) is 4.33. The van der Waals surface area contributed by atoms with Crippen molar-refractivity contribution in [2.24, 2.45) is 0 Å². The summed E-state index contributed by atoms with van der Waals surface area (Å²) in [5, 5.41) is 2.07. The monoisotopic (exact) mass is 682 g/mol. The van der Waals surface area contributed by atoms with E-state index in [1.165, 1.54) is 12.5 Å². The van der Waals surface area contributed by atoms with E-state index in [1.807, 2.05) is 29.2 Å². The second kappa shape index (κ2) is 15.1. The van der Waals surface area contributed by atoms with Gasteiger partial charge in [-0.3, -0.25) is 14.6 Å². The Bertz CT molecular complexity index is 1720. The number of rotatable bonds is 5. The average molecular weight is 683 g/mol. The average Bonchev–Trinajstić information content (AvgIpc) is 3.54. The van der Waals surface area contributed by atoms with Crippen LogP contribution in [0.25, 0.3) is 0 Å². The zero-order valence-electron chi connectivity index (χ0n) is 28.9. The van der Waals surface area contributed by atoms with Gasteiger partial charge in [-0.15, -0.1) is 5.53 Å². The van der Waals surface area contributed by atoms with Crippen LogP contribution in [0.4, 0.5) is 16.2 Å². The first kappa shape index (κ1) is 33.9. The quantitative estimate of drug-likeness (QED) is 0.223. The van der Waals surface area contributed by atoms with Crippen molar-refractivity contribution >= 4 is 29.4 Å². The molecule has 3 aromatic carbocycles. The number of hydrogen-bond acceptors (Lipinski definition) is 10. The van der Waals surface area contributed by atoms with Crippen LogP contribution in [0.1, 0.15) is 102 Å². The van der Waals surface area contributed by atoms with E-state index >= 15 is 0 Å². The summed E-state index contributed by atoms with van der Waals surface area (Å²) >= 11 is 0. The number of esters is 1. The van der Waals surface area contributed by atoms with Crippen LogP contribution < -0.4 is 16.0 Å². The van der Waals surface area contributed by atoms with E-state index in [1.54, 1.807) is 0 Å². The fraction of sp³-hybridized carbons (Fsp3) is 0.462. The van der Waals surface area contributed by atoms with Gasteiger partial charge in [0.05, 0.1) is 24.4 Å². The van der Waals surface area contributed by atoms with Crippen LogP contribution >= 0.6 is 0 Å². The van der Waals surface area contributed by atoms with Crippen LogP contribution in [-0.4, -0.2) is 55.0 Å². The van der Waals surface area contributed by atoms with Gasteiger partial charge in [0.2, 0.25) is 6.29 Å². The van der Waals surface area contributed by atoms with E-state index < -0.39 is 18.4 Å². The fourth-order valence-electron chi connectivity index (χ4n) is 7.56. The topological polar surface area (TPSA) is 119 Å². The highest BCUT2D eigenvalue weighted by Crippen LogP contribution is 2.41. The molecule has 1 aliphatic carbocycles. The maximum absolute atomic E-state index is 13.6. The second-order valence-electron chi connectivity index (χ2n) is 13.7. The minimum absolute atomic E-state index is 0.00701. The Labute approximate surface area is 293 Å². The van der Waals surface area contributed by atoms with E-state index in [4.69, 9.17) is 18.9 Å². The zero-order valence-corrected chi connectivity index (χ0v) is 28.9. The third-order valence-corrected chi connectivity index (χ3v) is 10.3. The number of hydrogen-bond donors (Lipinski definition) is 2. The molecular formula is C39H46N4O7. The third kappa shape index (κ3) is 7.58. The number of carbonyl (C=O) groups excluding carboxylic acids is 3. The predicted molar refractivity (Wildman–Crippen MR) is 187 cm³/mol. The molecule has 6 heterocycles. The Morgan fingerprint density at radius 1 is 0.960 bits per heavy atom. The Hall–Kier alpha value is -4.61.